The summed E-state index contributed by atoms with van der Waals surface area (Å²) in [6, 6.07) is 13.1. The summed E-state index contributed by atoms with van der Waals surface area (Å²) in [5.41, 5.74) is 0.763. The van der Waals surface area contributed by atoms with Gasteiger partial charge in [-0.25, -0.2) is 4.39 Å². The number of nitrogens with two attached hydrogens (primary N) is 1. The van der Waals surface area contributed by atoms with E-state index < -0.39 is 0 Å². The van der Waals surface area contributed by atoms with E-state index in [0.717, 1.165) is 5.56 Å². The van der Waals surface area contributed by atoms with Crippen LogP contribution in [0.4, 0.5) is 4.39 Å². The van der Waals surface area contributed by atoms with Gasteiger partial charge in [-0.15, -0.1) is 0 Å². The van der Waals surface area contributed by atoms with E-state index in [9.17, 15) is 4.39 Å². The first-order valence-corrected chi connectivity index (χ1v) is 5.05. The van der Waals surface area contributed by atoms with E-state index in [2.05, 4.69) is 5.10 Å². The average Bonchev–Trinajstić information content (AvgIpc) is 2.35. The summed E-state index contributed by atoms with van der Waals surface area (Å²) in [6.07, 6.45) is 1.50. The van der Waals surface area contributed by atoms with E-state index in [1.165, 1.54) is 18.3 Å². The molecule has 0 amide bonds. The molecule has 17 heavy (non-hydrogen) atoms. The van der Waals surface area contributed by atoms with Crippen molar-refractivity contribution >= 4 is 6.21 Å². The normalized spacial score (nSPS) is 10.6. The number of hydrogen-bond donors (Lipinski definition) is 1. The van der Waals surface area contributed by atoms with Crippen molar-refractivity contribution in [3.63, 3.8) is 0 Å². The molecule has 4 heteroatoms. The lowest BCUT2D eigenvalue weighted by Gasteiger charge is -2.07. The van der Waals surface area contributed by atoms with Gasteiger partial charge in [0, 0.05) is 5.56 Å². The van der Waals surface area contributed by atoms with Crippen LogP contribution >= 0.6 is 0 Å². The molecule has 86 valence electrons. The van der Waals surface area contributed by atoms with E-state index in [1.807, 2.05) is 18.2 Å². The molecule has 0 saturated heterocycles. The Hall–Kier alpha value is -2.36. The fourth-order valence-corrected chi connectivity index (χ4v) is 1.39. The second kappa shape index (κ2) is 5.12. The number of ether oxygens (including phenoxy) is 1. The molecule has 0 heterocycles. The van der Waals surface area contributed by atoms with Gasteiger partial charge >= 0.3 is 0 Å². The van der Waals surface area contributed by atoms with Crippen molar-refractivity contribution in [2.45, 2.75) is 0 Å². The van der Waals surface area contributed by atoms with Crippen LogP contribution in [-0.2, 0) is 0 Å². The molecule has 0 unspecified atom stereocenters. The molecule has 0 aliphatic heterocycles. The molecule has 0 spiro atoms. The zero-order valence-corrected chi connectivity index (χ0v) is 9.01. The summed E-state index contributed by atoms with van der Waals surface area (Å²) >= 11 is 0. The third-order valence-electron chi connectivity index (χ3n) is 2.17. The zero-order valence-electron chi connectivity index (χ0n) is 9.01. The van der Waals surface area contributed by atoms with Crippen molar-refractivity contribution in [2.24, 2.45) is 10.9 Å². The van der Waals surface area contributed by atoms with E-state index in [4.69, 9.17) is 10.6 Å². The molecule has 0 saturated carbocycles. The van der Waals surface area contributed by atoms with Gasteiger partial charge in [-0.3, -0.25) is 0 Å². The maximum absolute atomic E-state index is 12.7. The minimum Gasteiger partial charge on any atom is -0.457 e. The lowest BCUT2D eigenvalue weighted by Crippen LogP contribution is -1.92. The Labute approximate surface area is 98.3 Å². The van der Waals surface area contributed by atoms with E-state index in [1.54, 1.807) is 18.2 Å². The fraction of sp³-hybridized carbons (Fsp3) is 0. The standard InChI is InChI=1S/C13H11FN2O/c14-11-5-7-12(8-6-11)17-13-4-2-1-3-10(13)9-16-15/h1-9H,15H2. The Kier molecular flexibility index (Phi) is 3.35. The number of para-hydroxylation sites is 1. The van der Waals surface area contributed by atoms with Crippen molar-refractivity contribution in [3.05, 3.63) is 59.9 Å². The van der Waals surface area contributed by atoms with Gasteiger partial charge in [-0.1, -0.05) is 12.1 Å². The highest BCUT2D eigenvalue weighted by Gasteiger charge is 2.02. The summed E-state index contributed by atoms with van der Waals surface area (Å²) in [5, 5.41) is 3.46. The monoisotopic (exact) mass is 230 g/mol. The molecule has 2 aromatic carbocycles. The highest BCUT2D eigenvalue weighted by molar-refractivity contribution is 5.83. The molecule has 0 bridgehead atoms. The van der Waals surface area contributed by atoms with Crippen molar-refractivity contribution in [3.8, 4) is 11.5 Å². The third kappa shape index (κ3) is 2.81. The van der Waals surface area contributed by atoms with Gasteiger partial charge in [0.25, 0.3) is 0 Å². The molecule has 0 aromatic heterocycles. The Morgan fingerprint density at radius 2 is 1.76 bits per heavy atom. The number of halogens is 1. The molecule has 2 rings (SSSR count). The van der Waals surface area contributed by atoms with Crippen LogP contribution in [0.2, 0.25) is 0 Å². The highest BCUT2D eigenvalue weighted by Crippen LogP contribution is 2.24. The van der Waals surface area contributed by atoms with Crippen LogP contribution in [0.25, 0.3) is 0 Å². The number of benzene rings is 2. The van der Waals surface area contributed by atoms with Crippen molar-refractivity contribution in [1.29, 1.82) is 0 Å². The van der Waals surface area contributed by atoms with Gasteiger partial charge in [-0.2, -0.15) is 5.10 Å². The van der Waals surface area contributed by atoms with Gasteiger partial charge < -0.3 is 10.6 Å². The van der Waals surface area contributed by atoms with Crippen LogP contribution in [0.1, 0.15) is 5.56 Å². The topological polar surface area (TPSA) is 47.6 Å². The first-order chi connectivity index (χ1) is 8.29. The quantitative estimate of drug-likeness (QED) is 0.500. The van der Waals surface area contributed by atoms with Crippen LogP contribution in [-0.4, -0.2) is 6.21 Å². The molecular weight excluding hydrogens is 219 g/mol. The maximum atomic E-state index is 12.7. The van der Waals surface area contributed by atoms with Crippen molar-refractivity contribution in [1.82, 2.24) is 0 Å². The van der Waals surface area contributed by atoms with Crippen LogP contribution < -0.4 is 10.6 Å². The van der Waals surface area contributed by atoms with Gasteiger partial charge in [0.15, 0.2) is 0 Å². The first-order valence-electron chi connectivity index (χ1n) is 5.05. The van der Waals surface area contributed by atoms with E-state index in [-0.39, 0.29) is 5.82 Å². The van der Waals surface area contributed by atoms with Crippen LogP contribution in [0.15, 0.2) is 53.6 Å². The predicted molar refractivity (Wildman–Crippen MR) is 64.7 cm³/mol. The van der Waals surface area contributed by atoms with Crippen LogP contribution in [0.5, 0.6) is 11.5 Å². The van der Waals surface area contributed by atoms with Gasteiger partial charge in [0.2, 0.25) is 0 Å². The molecule has 0 atom stereocenters. The van der Waals surface area contributed by atoms with Crippen molar-refractivity contribution < 1.29 is 9.13 Å². The van der Waals surface area contributed by atoms with Crippen LogP contribution in [0.3, 0.4) is 0 Å². The Balaban J connectivity index is 2.26. The number of rotatable bonds is 3. The lowest BCUT2D eigenvalue weighted by atomic mass is 10.2. The highest BCUT2D eigenvalue weighted by atomic mass is 19.1. The number of nitrogens with zero attached hydrogens (tertiary/aromatic N) is 1. The molecule has 2 aromatic rings. The Morgan fingerprint density at radius 1 is 1.06 bits per heavy atom. The van der Waals surface area contributed by atoms with Gasteiger partial charge in [-0.05, 0) is 36.4 Å². The van der Waals surface area contributed by atoms with Crippen LogP contribution in [0, 0.1) is 5.82 Å². The Bertz CT molecular complexity index is 523. The zero-order chi connectivity index (χ0) is 12.1. The summed E-state index contributed by atoms with van der Waals surface area (Å²) in [7, 11) is 0. The summed E-state index contributed by atoms with van der Waals surface area (Å²) < 4.78 is 18.3. The van der Waals surface area contributed by atoms with E-state index in [0.29, 0.717) is 11.5 Å². The largest absolute Gasteiger partial charge is 0.457 e. The molecule has 0 fully saturated rings. The second-order valence-electron chi connectivity index (χ2n) is 3.37. The summed E-state index contributed by atoms with van der Waals surface area (Å²) in [4.78, 5) is 0. The average molecular weight is 230 g/mol. The fourth-order valence-electron chi connectivity index (χ4n) is 1.39. The third-order valence-corrected chi connectivity index (χ3v) is 2.17. The smallest absolute Gasteiger partial charge is 0.136 e. The predicted octanol–water partition coefficient (Wildman–Crippen LogP) is 2.91. The van der Waals surface area contributed by atoms with E-state index >= 15 is 0 Å². The second-order valence-corrected chi connectivity index (χ2v) is 3.37. The lowest BCUT2D eigenvalue weighted by molar-refractivity contribution is 0.480. The first kappa shape index (κ1) is 11.1. The molecular formula is C13H11FN2O. The summed E-state index contributed by atoms with van der Waals surface area (Å²) in [5.74, 6) is 5.99. The number of hydrogen-bond acceptors (Lipinski definition) is 3. The summed E-state index contributed by atoms with van der Waals surface area (Å²) in [6.45, 7) is 0. The SMILES string of the molecule is NN=Cc1ccccc1Oc1ccc(F)cc1. The maximum Gasteiger partial charge on any atom is 0.136 e. The minimum atomic E-state index is -0.297. The van der Waals surface area contributed by atoms with Crippen molar-refractivity contribution in [2.75, 3.05) is 0 Å². The molecule has 3 nitrogen and oxygen atoms in total. The molecule has 0 aliphatic carbocycles. The van der Waals surface area contributed by atoms with Gasteiger partial charge in [0.05, 0.1) is 6.21 Å². The Morgan fingerprint density at radius 3 is 2.47 bits per heavy atom. The van der Waals surface area contributed by atoms with Gasteiger partial charge in [0.1, 0.15) is 17.3 Å². The molecule has 2 N–H and O–H groups in total. The number of hydrazone groups is 1. The minimum absolute atomic E-state index is 0.297. The molecule has 0 radical (unpaired) electrons. The molecule has 0 aliphatic rings.